The summed E-state index contributed by atoms with van der Waals surface area (Å²) in [7, 11) is 0. The van der Waals surface area contributed by atoms with Gasteiger partial charge in [-0.3, -0.25) is 0 Å². The SMILES string of the molecule is CC(CO)CN1CCCC2(CCCNC2)C1. The first-order valence-electron chi connectivity index (χ1n) is 6.78. The van der Waals surface area contributed by atoms with Gasteiger partial charge in [-0.05, 0) is 50.1 Å². The summed E-state index contributed by atoms with van der Waals surface area (Å²) in [4.78, 5) is 2.57. The number of rotatable bonds is 3. The van der Waals surface area contributed by atoms with E-state index in [4.69, 9.17) is 5.11 Å². The Morgan fingerprint density at radius 2 is 2.19 bits per heavy atom. The molecule has 0 amide bonds. The van der Waals surface area contributed by atoms with E-state index in [-0.39, 0.29) is 0 Å². The minimum atomic E-state index is 0.321. The van der Waals surface area contributed by atoms with Crippen molar-refractivity contribution in [1.82, 2.24) is 10.2 Å². The third-order valence-electron chi connectivity index (χ3n) is 4.18. The Bertz CT molecular complexity index is 208. The topological polar surface area (TPSA) is 35.5 Å². The van der Waals surface area contributed by atoms with Crippen LogP contribution in [0.25, 0.3) is 0 Å². The van der Waals surface area contributed by atoms with Gasteiger partial charge >= 0.3 is 0 Å². The van der Waals surface area contributed by atoms with Crippen LogP contribution in [-0.2, 0) is 0 Å². The summed E-state index contributed by atoms with van der Waals surface area (Å²) in [6.07, 6.45) is 5.46. The zero-order chi connectivity index (χ0) is 11.4. The summed E-state index contributed by atoms with van der Waals surface area (Å²) in [6.45, 7) is 8.41. The van der Waals surface area contributed by atoms with Crippen molar-refractivity contribution in [2.45, 2.75) is 32.6 Å². The van der Waals surface area contributed by atoms with Gasteiger partial charge in [-0.1, -0.05) is 6.92 Å². The molecule has 2 N–H and O–H groups in total. The van der Waals surface area contributed by atoms with Crippen molar-refractivity contribution < 1.29 is 5.11 Å². The normalized spacial score (nSPS) is 34.1. The second-order valence-electron chi connectivity index (χ2n) is 5.91. The average molecular weight is 226 g/mol. The Hall–Kier alpha value is -0.120. The minimum Gasteiger partial charge on any atom is -0.396 e. The number of aliphatic hydroxyl groups is 1. The molecule has 0 saturated carbocycles. The smallest absolute Gasteiger partial charge is 0.0468 e. The minimum absolute atomic E-state index is 0.321. The third-order valence-corrected chi connectivity index (χ3v) is 4.18. The molecule has 0 aromatic heterocycles. The van der Waals surface area contributed by atoms with Crippen molar-refractivity contribution in [2.24, 2.45) is 11.3 Å². The first kappa shape index (κ1) is 12.3. The van der Waals surface area contributed by atoms with Crippen LogP contribution < -0.4 is 5.32 Å². The van der Waals surface area contributed by atoms with Crippen LogP contribution in [0, 0.1) is 11.3 Å². The molecule has 0 radical (unpaired) electrons. The Labute approximate surface area is 99.2 Å². The van der Waals surface area contributed by atoms with Gasteiger partial charge in [0, 0.05) is 26.2 Å². The van der Waals surface area contributed by atoms with Crippen LogP contribution in [0.2, 0.25) is 0 Å². The summed E-state index contributed by atoms with van der Waals surface area (Å²) in [5.41, 5.74) is 0.547. The Morgan fingerprint density at radius 1 is 1.38 bits per heavy atom. The molecule has 2 aliphatic rings. The third kappa shape index (κ3) is 2.96. The zero-order valence-corrected chi connectivity index (χ0v) is 10.5. The summed E-state index contributed by atoms with van der Waals surface area (Å²) in [6, 6.07) is 0. The number of aliphatic hydroxyl groups excluding tert-OH is 1. The Kier molecular flexibility index (Phi) is 4.22. The molecule has 2 rings (SSSR count). The molecule has 3 nitrogen and oxygen atoms in total. The second kappa shape index (κ2) is 5.48. The largest absolute Gasteiger partial charge is 0.396 e. The molecule has 2 unspecified atom stereocenters. The molecular formula is C13H26N2O. The van der Waals surface area contributed by atoms with Gasteiger partial charge in [-0.15, -0.1) is 0 Å². The molecule has 0 aromatic rings. The van der Waals surface area contributed by atoms with Gasteiger partial charge in [-0.25, -0.2) is 0 Å². The number of nitrogens with one attached hydrogen (secondary N) is 1. The number of hydrogen-bond donors (Lipinski definition) is 2. The van der Waals surface area contributed by atoms with Crippen LogP contribution in [0.5, 0.6) is 0 Å². The highest BCUT2D eigenvalue weighted by atomic mass is 16.3. The lowest BCUT2D eigenvalue weighted by molar-refractivity contribution is 0.0496. The summed E-state index contributed by atoms with van der Waals surface area (Å²) >= 11 is 0. The molecule has 2 heterocycles. The van der Waals surface area contributed by atoms with Gasteiger partial charge in [0.15, 0.2) is 0 Å². The molecule has 1 spiro atoms. The Morgan fingerprint density at radius 3 is 2.88 bits per heavy atom. The highest BCUT2D eigenvalue weighted by Gasteiger charge is 2.36. The van der Waals surface area contributed by atoms with Gasteiger partial charge in [0.2, 0.25) is 0 Å². The molecule has 0 aliphatic carbocycles. The van der Waals surface area contributed by atoms with E-state index in [0.717, 1.165) is 6.54 Å². The van der Waals surface area contributed by atoms with E-state index >= 15 is 0 Å². The van der Waals surface area contributed by atoms with E-state index in [9.17, 15) is 0 Å². The molecule has 0 aromatic carbocycles. The number of hydrogen-bond acceptors (Lipinski definition) is 3. The monoisotopic (exact) mass is 226 g/mol. The van der Waals surface area contributed by atoms with Crippen molar-refractivity contribution >= 4 is 0 Å². The van der Waals surface area contributed by atoms with Gasteiger partial charge < -0.3 is 15.3 Å². The fraction of sp³-hybridized carbons (Fsp3) is 1.00. The van der Waals surface area contributed by atoms with E-state index < -0.39 is 0 Å². The highest BCUT2D eigenvalue weighted by molar-refractivity contribution is 4.91. The number of likely N-dealkylation sites (tertiary alicyclic amines) is 1. The van der Waals surface area contributed by atoms with Crippen molar-refractivity contribution in [3.63, 3.8) is 0 Å². The number of piperidine rings is 2. The summed E-state index contributed by atoms with van der Waals surface area (Å²) < 4.78 is 0. The Balaban J connectivity index is 1.87. The van der Waals surface area contributed by atoms with Crippen LogP contribution in [0.1, 0.15) is 32.6 Å². The highest BCUT2D eigenvalue weighted by Crippen LogP contribution is 2.35. The number of nitrogens with zero attached hydrogens (tertiary/aromatic N) is 1. The molecular weight excluding hydrogens is 200 g/mol. The van der Waals surface area contributed by atoms with Crippen molar-refractivity contribution in [1.29, 1.82) is 0 Å². The molecule has 3 heteroatoms. The first-order valence-corrected chi connectivity index (χ1v) is 6.78. The van der Waals surface area contributed by atoms with E-state index in [1.54, 1.807) is 0 Å². The zero-order valence-electron chi connectivity index (χ0n) is 10.5. The molecule has 2 atom stereocenters. The predicted molar refractivity (Wildman–Crippen MR) is 66.5 cm³/mol. The lowest BCUT2D eigenvalue weighted by Crippen LogP contribution is -2.51. The fourth-order valence-electron chi connectivity index (χ4n) is 3.34. The summed E-state index contributed by atoms with van der Waals surface area (Å²) in [5, 5.41) is 12.7. The molecule has 94 valence electrons. The van der Waals surface area contributed by atoms with Crippen LogP contribution >= 0.6 is 0 Å². The van der Waals surface area contributed by atoms with E-state index in [1.165, 1.54) is 51.9 Å². The van der Waals surface area contributed by atoms with Crippen molar-refractivity contribution in [3.8, 4) is 0 Å². The second-order valence-corrected chi connectivity index (χ2v) is 5.91. The molecule has 2 saturated heterocycles. The van der Waals surface area contributed by atoms with E-state index in [2.05, 4.69) is 17.1 Å². The average Bonchev–Trinajstić information content (AvgIpc) is 2.30. The van der Waals surface area contributed by atoms with E-state index in [0.29, 0.717) is 17.9 Å². The van der Waals surface area contributed by atoms with Crippen LogP contribution in [0.4, 0.5) is 0 Å². The van der Waals surface area contributed by atoms with Gasteiger partial charge in [0.1, 0.15) is 0 Å². The van der Waals surface area contributed by atoms with Gasteiger partial charge in [0.25, 0.3) is 0 Å². The molecule has 0 bridgehead atoms. The van der Waals surface area contributed by atoms with Crippen LogP contribution in [0.3, 0.4) is 0 Å². The maximum Gasteiger partial charge on any atom is 0.0468 e. The first-order chi connectivity index (χ1) is 7.74. The summed E-state index contributed by atoms with van der Waals surface area (Å²) in [5.74, 6) is 0.423. The van der Waals surface area contributed by atoms with Crippen LogP contribution in [0.15, 0.2) is 0 Å². The lowest BCUT2D eigenvalue weighted by Gasteiger charge is -2.46. The van der Waals surface area contributed by atoms with Crippen molar-refractivity contribution in [3.05, 3.63) is 0 Å². The molecule has 2 fully saturated rings. The molecule has 16 heavy (non-hydrogen) atoms. The molecule has 2 aliphatic heterocycles. The predicted octanol–water partition coefficient (Wildman–Crippen LogP) is 1.08. The lowest BCUT2D eigenvalue weighted by atomic mass is 9.74. The maximum atomic E-state index is 9.13. The quantitative estimate of drug-likeness (QED) is 0.756. The van der Waals surface area contributed by atoms with Gasteiger partial charge in [-0.2, -0.15) is 0 Å². The maximum absolute atomic E-state index is 9.13. The van der Waals surface area contributed by atoms with Crippen LogP contribution in [-0.4, -0.2) is 49.3 Å². The van der Waals surface area contributed by atoms with Gasteiger partial charge in [0.05, 0.1) is 0 Å². The standard InChI is InChI=1S/C13H26N2O/c1-12(9-16)8-15-7-3-5-13(11-15)4-2-6-14-10-13/h12,14,16H,2-11H2,1H3. The fourth-order valence-corrected chi connectivity index (χ4v) is 3.34. The van der Waals surface area contributed by atoms with Crippen molar-refractivity contribution in [2.75, 3.05) is 39.3 Å². The van der Waals surface area contributed by atoms with E-state index in [1.807, 2.05) is 0 Å².